The Bertz CT molecular complexity index is 725. The summed E-state index contributed by atoms with van der Waals surface area (Å²) >= 11 is 2.18. The fourth-order valence-electron chi connectivity index (χ4n) is 2.40. The van der Waals surface area contributed by atoms with E-state index in [1.165, 1.54) is 0 Å². The molecular weight excluding hydrogens is 458 g/mol. The second kappa shape index (κ2) is 9.38. The lowest BCUT2D eigenvalue weighted by atomic mass is 10.2. The van der Waals surface area contributed by atoms with Crippen LogP contribution in [0.2, 0.25) is 0 Å². The molecule has 0 spiro atoms. The van der Waals surface area contributed by atoms with Gasteiger partial charge in [-0.3, -0.25) is 0 Å². The van der Waals surface area contributed by atoms with Crippen molar-refractivity contribution >= 4 is 34.2 Å². The van der Waals surface area contributed by atoms with Crippen LogP contribution in [0.15, 0.2) is 30.5 Å². The summed E-state index contributed by atoms with van der Waals surface area (Å²) < 4.78 is 46.1. The highest BCUT2D eigenvalue weighted by Crippen LogP contribution is 2.36. The zero-order valence-electron chi connectivity index (χ0n) is 14.7. The number of halogens is 4. The highest BCUT2D eigenvalue weighted by Gasteiger charge is 2.36. The van der Waals surface area contributed by atoms with Gasteiger partial charge in [-0.05, 0) is 54.1 Å². The Morgan fingerprint density at radius 3 is 2.58 bits per heavy atom. The van der Waals surface area contributed by atoms with Crippen LogP contribution in [-0.2, 0) is 6.18 Å². The molecule has 4 nitrogen and oxygen atoms in total. The van der Waals surface area contributed by atoms with Crippen LogP contribution >= 0.6 is 22.6 Å². The Labute approximate surface area is 164 Å². The number of alkyl halides is 3. The van der Waals surface area contributed by atoms with Crippen molar-refractivity contribution in [2.24, 2.45) is 0 Å². The standard InChI is InChI=1S/C18H21F3IN3O/c1-3-5-6-10-26-16-15(18(19,20)21)12-23-17(24-16)25(4-2)14-9-7-8-13(22)11-14/h7-9,11-12H,3-6,10H2,1-2H3. The monoisotopic (exact) mass is 479 g/mol. The molecule has 0 N–H and O–H groups in total. The Morgan fingerprint density at radius 1 is 1.19 bits per heavy atom. The average Bonchev–Trinajstić information content (AvgIpc) is 2.59. The number of rotatable bonds is 8. The third-order valence-corrected chi connectivity index (χ3v) is 4.38. The summed E-state index contributed by atoms with van der Waals surface area (Å²) in [6, 6.07) is 7.61. The summed E-state index contributed by atoms with van der Waals surface area (Å²) in [5, 5.41) is 0. The molecule has 0 radical (unpaired) electrons. The summed E-state index contributed by atoms with van der Waals surface area (Å²) in [5.74, 6) is -0.226. The Balaban J connectivity index is 2.36. The van der Waals surface area contributed by atoms with Gasteiger partial charge >= 0.3 is 6.18 Å². The van der Waals surface area contributed by atoms with Gasteiger partial charge in [0.2, 0.25) is 11.8 Å². The van der Waals surface area contributed by atoms with E-state index in [1.54, 1.807) is 4.90 Å². The molecule has 0 fully saturated rings. The molecule has 0 atom stereocenters. The maximum absolute atomic E-state index is 13.2. The van der Waals surface area contributed by atoms with Gasteiger partial charge in [0.05, 0.1) is 6.61 Å². The number of hydrogen-bond donors (Lipinski definition) is 0. The molecule has 0 aliphatic rings. The van der Waals surface area contributed by atoms with Crippen LogP contribution in [0.1, 0.15) is 38.7 Å². The third-order valence-electron chi connectivity index (χ3n) is 3.71. The van der Waals surface area contributed by atoms with Crippen LogP contribution < -0.4 is 9.64 Å². The van der Waals surface area contributed by atoms with E-state index in [0.717, 1.165) is 28.3 Å². The summed E-state index contributed by atoms with van der Waals surface area (Å²) in [5.41, 5.74) is -0.132. The number of ether oxygens (including phenoxy) is 1. The number of benzene rings is 1. The van der Waals surface area contributed by atoms with E-state index in [1.807, 2.05) is 38.1 Å². The van der Waals surface area contributed by atoms with E-state index in [-0.39, 0.29) is 12.6 Å². The molecule has 0 amide bonds. The number of nitrogens with zero attached hydrogens (tertiary/aromatic N) is 3. The van der Waals surface area contributed by atoms with E-state index >= 15 is 0 Å². The molecular formula is C18H21F3IN3O. The topological polar surface area (TPSA) is 38.2 Å². The average molecular weight is 479 g/mol. The maximum Gasteiger partial charge on any atom is 0.423 e. The minimum absolute atomic E-state index is 0.188. The first-order valence-corrected chi connectivity index (χ1v) is 9.54. The predicted octanol–water partition coefficient (Wildman–Crippen LogP) is 5.83. The van der Waals surface area contributed by atoms with Gasteiger partial charge in [-0.25, -0.2) is 4.98 Å². The van der Waals surface area contributed by atoms with Crippen molar-refractivity contribution in [1.29, 1.82) is 0 Å². The molecule has 0 bridgehead atoms. The van der Waals surface area contributed by atoms with Gasteiger partial charge in [0.1, 0.15) is 5.56 Å². The highest BCUT2D eigenvalue weighted by molar-refractivity contribution is 14.1. The molecule has 2 aromatic rings. The van der Waals surface area contributed by atoms with Crippen LogP contribution in [-0.4, -0.2) is 23.1 Å². The van der Waals surface area contributed by atoms with Crippen molar-refractivity contribution in [3.8, 4) is 5.88 Å². The molecule has 142 valence electrons. The molecule has 0 unspecified atom stereocenters. The van der Waals surface area contributed by atoms with E-state index in [4.69, 9.17) is 4.74 Å². The summed E-state index contributed by atoms with van der Waals surface area (Å²) in [4.78, 5) is 9.78. The normalized spacial score (nSPS) is 11.5. The zero-order chi connectivity index (χ0) is 19.2. The molecule has 1 heterocycles. The predicted molar refractivity (Wildman–Crippen MR) is 104 cm³/mol. The molecule has 1 aromatic carbocycles. The number of aromatic nitrogens is 2. The Kier molecular flexibility index (Phi) is 7.48. The SMILES string of the molecule is CCCCCOc1nc(N(CC)c2cccc(I)c2)ncc1C(F)(F)F. The van der Waals surface area contributed by atoms with Gasteiger partial charge in [-0.2, -0.15) is 18.2 Å². The largest absolute Gasteiger partial charge is 0.477 e. The van der Waals surface area contributed by atoms with Crippen LogP contribution in [0.25, 0.3) is 0 Å². The minimum atomic E-state index is -4.56. The molecule has 1 aromatic heterocycles. The Hall–Kier alpha value is -1.58. The first-order chi connectivity index (χ1) is 12.4. The minimum Gasteiger partial charge on any atom is -0.477 e. The fraction of sp³-hybridized carbons (Fsp3) is 0.444. The van der Waals surface area contributed by atoms with E-state index in [9.17, 15) is 13.2 Å². The van der Waals surface area contributed by atoms with Gasteiger partial charge < -0.3 is 9.64 Å². The lowest BCUT2D eigenvalue weighted by molar-refractivity contribution is -0.139. The van der Waals surface area contributed by atoms with Crippen molar-refractivity contribution in [3.05, 3.63) is 39.6 Å². The molecule has 0 saturated heterocycles. The highest BCUT2D eigenvalue weighted by atomic mass is 127. The first kappa shape index (κ1) is 20.7. The van der Waals surface area contributed by atoms with Crippen LogP contribution in [0.3, 0.4) is 0 Å². The lowest BCUT2D eigenvalue weighted by Crippen LogP contribution is -2.21. The van der Waals surface area contributed by atoms with Crippen molar-refractivity contribution in [1.82, 2.24) is 9.97 Å². The second-order valence-electron chi connectivity index (χ2n) is 5.67. The maximum atomic E-state index is 13.2. The molecule has 0 aliphatic carbocycles. The fourth-order valence-corrected chi connectivity index (χ4v) is 2.92. The van der Waals surface area contributed by atoms with Crippen LogP contribution in [0.5, 0.6) is 5.88 Å². The van der Waals surface area contributed by atoms with E-state index in [0.29, 0.717) is 13.0 Å². The molecule has 2 rings (SSSR count). The van der Waals surface area contributed by atoms with E-state index in [2.05, 4.69) is 32.6 Å². The lowest BCUT2D eigenvalue weighted by Gasteiger charge is -2.22. The quantitative estimate of drug-likeness (QED) is 0.353. The van der Waals surface area contributed by atoms with Gasteiger partial charge in [-0.15, -0.1) is 0 Å². The van der Waals surface area contributed by atoms with Gasteiger partial charge in [0.15, 0.2) is 0 Å². The van der Waals surface area contributed by atoms with E-state index < -0.39 is 17.6 Å². The first-order valence-electron chi connectivity index (χ1n) is 8.47. The van der Waals surface area contributed by atoms with Gasteiger partial charge in [-0.1, -0.05) is 25.8 Å². The zero-order valence-corrected chi connectivity index (χ0v) is 16.8. The number of anilines is 2. The summed E-state index contributed by atoms with van der Waals surface area (Å²) in [6.45, 7) is 4.62. The van der Waals surface area contributed by atoms with Crippen molar-refractivity contribution in [2.45, 2.75) is 39.3 Å². The Morgan fingerprint density at radius 2 is 1.96 bits per heavy atom. The second-order valence-corrected chi connectivity index (χ2v) is 6.91. The molecule has 0 aliphatic heterocycles. The third kappa shape index (κ3) is 5.46. The van der Waals surface area contributed by atoms with Gasteiger partial charge in [0.25, 0.3) is 0 Å². The van der Waals surface area contributed by atoms with Crippen molar-refractivity contribution in [3.63, 3.8) is 0 Å². The van der Waals surface area contributed by atoms with Crippen LogP contribution in [0, 0.1) is 3.57 Å². The van der Waals surface area contributed by atoms with Crippen LogP contribution in [0.4, 0.5) is 24.8 Å². The smallest absolute Gasteiger partial charge is 0.423 e. The van der Waals surface area contributed by atoms with Crippen molar-refractivity contribution < 1.29 is 17.9 Å². The molecule has 26 heavy (non-hydrogen) atoms. The summed E-state index contributed by atoms with van der Waals surface area (Å²) in [7, 11) is 0. The van der Waals surface area contributed by atoms with Gasteiger partial charge in [0, 0.05) is 22.0 Å². The number of unbranched alkanes of at least 4 members (excludes halogenated alkanes) is 2. The summed E-state index contributed by atoms with van der Waals surface area (Å²) in [6.07, 6.45) is -1.23. The molecule has 8 heteroatoms. The number of hydrogen-bond acceptors (Lipinski definition) is 4. The molecule has 0 saturated carbocycles. The van der Waals surface area contributed by atoms with Crippen molar-refractivity contribution in [2.75, 3.05) is 18.1 Å².